The summed E-state index contributed by atoms with van der Waals surface area (Å²) in [5.41, 5.74) is 67.9. The predicted molar refractivity (Wildman–Crippen MR) is 372 cm³/mol. The minimum Gasteiger partial charge on any atom is -0.480 e. The number of carboxylic acids is 1. The average molecular weight is 1430 g/mol. The molecule has 10 atom stereocenters. The van der Waals surface area contributed by atoms with Crippen LogP contribution >= 0.6 is 0 Å². The van der Waals surface area contributed by atoms with E-state index in [4.69, 9.17) is 68.8 Å². The number of nitrogens with two attached hydrogens (primary N) is 12. The molecule has 0 unspecified atom stereocenters. The van der Waals surface area contributed by atoms with Crippen LogP contribution in [0.5, 0.6) is 0 Å². The molecule has 0 saturated heterocycles. The number of aliphatic hydroxyl groups is 1. The van der Waals surface area contributed by atoms with Crippen molar-refractivity contribution in [3.8, 4) is 0 Å². The third kappa shape index (κ3) is 42.3. The average Bonchev–Trinajstić information content (AvgIpc) is 0.866. The van der Waals surface area contributed by atoms with Gasteiger partial charge in [-0.25, -0.2) is 4.79 Å². The van der Waals surface area contributed by atoms with Gasteiger partial charge in [0.1, 0.15) is 54.4 Å². The fourth-order valence-electron chi connectivity index (χ4n) is 9.72. The topological polar surface area (TPSA) is 732 Å². The lowest BCUT2D eigenvalue weighted by Crippen LogP contribution is -2.60. The van der Waals surface area contributed by atoms with Gasteiger partial charge in [0.05, 0.1) is 25.7 Å². The van der Waals surface area contributed by atoms with Gasteiger partial charge >= 0.3 is 5.97 Å². The number of amides is 12. The number of aliphatic hydroxyl groups excluding tert-OH is 1. The highest BCUT2D eigenvalue weighted by Crippen LogP contribution is 2.13. The van der Waals surface area contributed by atoms with Crippen molar-refractivity contribution < 1.29 is 72.5 Å². The summed E-state index contributed by atoms with van der Waals surface area (Å²) in [6, 6.07) is -14.0. The van der Waals surface area contributed by atoms with Gasteiger partial charge < -0.3 is 138 Å². The molecule has 0 heterocycles. The summed E-state index contributed by atoms with van der Waals surface area (Å²) in [6.45, 7) is -0.856. The first-order valence-electron chi connectivity index (χ1n) is 34.1. The molecule has 0 bridgehead atoms. The number of unbranched alkanes of at least 4 members (excludes halogenated alkanes) is 6. The van der Waals surface area contributed by atoms with Gasteiger partial charge in [0.2, 0.25) is 70.9 Å². The molecule has 0 aliphatic carbocycles. The second-order valence-corrected chi connectivity index (χ2v) is 23.8. The van der Waals surface area contributed by atoms with Gasteiger partial charge in [-0.2, -0.15) is 0 Å². The maximum absolute atomic E-state index is 14.7. The Morgan fingerprint density at radius 2 is 0.560 bits per heavy atom. The Morgan fingerprint density at radius 3 is 0.820 bits per heavy atom. The number of hydrogen-bond donors (Lipinski definition) is 25. The van der Waals surface area contributed by atoms with Gasteiger partial charge in [-0.3, -0.25) is 67.5 Å². The quantitative estimate of drug-likeness (QED) is 0.0153. The SMILES string of the molecule is NCCCC[C@H](NC(=O)CNC(=O)[C@@H](N)CCCCN)C(=O)NCC(=O)N[C@@H](CCC(N)=O)C(=O)N[C@@H](CCCCN)C(=O)N[C@@H](CCCN=C(N)N)C(=O)N[C@@H](CCCCN)C(=O)N[C@@H](CCCN=C(N)N)C(=O)N[C@@H](CCCCN)C(=O)N[C@@H](CCCCN)C(=O)N[C@@H](CO)C(=O)O. The first kappa shape index (κ1) is 91.3. The van der Waals surface area contributed by atoms with Crippen molar-refractivity contribution in [3.63, 3.8) is 0 Å². The highest BCUT2D eigenvalue weighted by atomic mass is 16.4. The Balaban J connectivity index is 7.17. The van der Waals surface area contributed by atoms with Gasteiger partial charge in [0, 0.05) is 19.5 Å². The summed E-state index contributed by atoms with van der Waals surface area (Å²) in [6.07, 6.45) is 3.80. The summed E-state index contributed by atoms with van der Waals surface area (Å²) >= 11 is 0. The number of hydrogen-bond acceptors (Lipinski definition) is 23. The van der Waals surface area contributed by atoms with Gasteiger partial charge in [0.25, 0.3) is 0 Å². The lowest BCUT2D eigenvalue weighted by atomic mass is 10.0. The molecule has 0 aliphatic rings. The second-order valence-electron chi connectivity index (χ2n) is 23.8. The highest BCUT2D eigenvalue weighted by molar-refractivity contribution is 5.99. The van der Waals surface area contributed by atoms with Crippen LogP contribution in [0, 0.1) is 0 Å². The number of aliphatic imine (C=N–C) groups is 2. The fraction of sp³-hybridized carbons (Fsp3) is 0.750. The van der Waals surface area contributed by atoms with Crippen LogP contribution in [-0.2, 0) is 62.3 Å². The van der Waals surface area contributed by atoms with E-state index in [2.05, 4.69) is 68.5 Å². The van der Waals surface area contributed by atoms with Crippen molar-refractivity contribution >= 4 is 88.8 Å². The lowest BCUT2D eigenvalue weighted by molar-refractivity contribution is -0.143. The molecule has 0 aliphatic heterocycles. The number of carbonyl (C=O) groups is 13. The largest absolute Gasteiger partial charge is 0.480 e. The van der Waals surface area contributed by atoms with Crippen LogP contribution in [0.2, 0.25) is 0 Å². The molecule has 0 aromatic heterocycles. The molecule has 100 heavy (non-hydrogen) atoms. The van der Waals surface area contributed by atoms with Crippen molar-refractivity contribution in [1.82, 2.24) is 58.5 Å². The molecule has 572 valence electrons. The zero-order valence-electron chi connectivity index (χ0n) is 57.5. The molecule has 0 saturated carbocycles. The highest BCUT2D eigenvalue weighted by Gasteiger charge is 2.35. The van der Waals surface area contributed by atoms with E-state index in [0.717, 1.165) is 0 Å². The molecule has 0 spiro atoms. The van der Waals surface area contributed by atoms with Crippen molar-refractivity contribution in [2.45, 2.75) is 215 Å². The number of guanidine groups is 2. The van der Waals surface area contributed by atoms with Crippen LogP contribution in [0.4, 0.5) is 0 Å². The Hall–Kier alpha value is -8.67. The third-order valence-electron chi connectivity index (χ3n) is 15.4. The molecule has 0 aromatic rings. The summed E-state index contributed by atoms with van der Waals surface area (Å²) in [4.78, 5) is 184. The van der Waals surface area contributed by atoms with Crippen molar-refractivity contribution in [1.29, 1.82) is 0 Å². The molecule has 40 heteroatoms. The number of nitrogens with zero attached hydrogens (tertiary/aromatic N) is 2. The third-order valence-corrected chi connectivity index (χ3v) is 15.4. The predicted octanol–water partition coefficient (Wildman–Crippen LogP) is -9.87. The lowest BCUT2D eigenvalue weighted by Gasteiger charge is -2.28. The van der Waals surface area contributed by atoms with Gasteiger partial charge in [-0.1, -0.05) is 6.42 Å². The number of nitrogens with one attached hydrogen (secondary N) is 11. The molecular formula is C60H117N25O15. The van der Waals surface area contributed by atoms with Crippen LogP contribution in [-0.4, -0.2) is 231 Å². The molecule has 0 fully saturated rings. The molecule has 0 aromatic carbocycles. The summed E-state index contributed by atoms with van der Waals surface area (Å²) in [7, 11) is 0. The molecule has 0 radical (unpaired) electrons. The van der Waals surface area contributed by atoms with Crippen LogP contribution in [0.15, 0.2) is 9.98 Å². The molecule has 40 nitrogen and oxygen atoms in total. The maximum Gasteiger partial charge on any atom is 0.328 e. The van der Waals surface area contributed by atoms with E-state index in [1.807, 2.05) is 0 Å². The Kier molecular flexibility index (Phi) is 50.4. The fourth-order valence-corrected chi connectivity index (χ4v) is 9.72. The van der Waals surface area contributed by atoms with E-state index in [1.165, 1.54) is 0 Å². The Labute approximate surface area is 583 Å². The maximum atomic E-state index is 14.7. The summed E-state index contributed by atoms with van der Waals surface area (Å²) in [5, 5.41) is 46.9. The van der Waals surface area contributed by atoms with Crippen molar-refractivity contribution in [2.75, 3.05) is 72.1 Å². The summed E-state index contributed by atoms with van der Waals surface area (Å²) < 4.78 is 0. The van der Waals surface area contributed by atoms with Crippen LogP contribution in [0.3, 0.4) is 0 Å². The standard InChI is InChI=1S/C60H117N25O15/c61-25-7-1-15-36(67)49(90)75-33-47(88)77-37(16-2-8-26-62)50(91)76-34-48(89)78-44(23-24-46(68)87)57(98)82-40(19-5-11-29-65)53(94)84-43(22-14-32-74-60(71)72)55(96)80-39(18-4-10-28-64)52(93)83-42(21-13-31-73-59(69)70)54(95)79-38(17-3-9-27-63)51(92)81-41(20-6-12-30-66)56(97)85-45(35-86)58(99)100/h36-45,86H,1-35,61-67H2,(H2,68,87)(H,75,90)(H,76,91)(H,77,88)(H,78,89)(H,79,95)(H,80,96)(H,81,92)(H,82,98)(H,83,93)(H,84,94)(H,85,97)(H,99,100)(H4,69,70,73)(H4,71,72,74)/t36-,37-,38-,39-,40-,41-,42-,43-,44-,45-/m0/s1. The molecule has 37 N–H and O–H groups in total. The first-order valence-corrected chi connectivity index (χ1v) is 34.1. The van der Waals surface area contributed by atoms with E-state index in [-0.39, 0.29) is 135 Å². The molecular weight excluding hydrogens is 1310 g/mol. The van der Waals surface area contributed by atoms with Crippen molar-refractivity contribution in [3.05, 3.63) is 0 Å². The van der Waals surface area contributed by atoms with E-state index < -0.39 is 170 Å². The van der Waals surface area contributed by atoms with E-state index in [1.54, 1.807) is 0 Å². The van der Waals surface area contributed by atoms with Gasteiger partial charge in [0.15, 0.2) is 11.9 Å². The van der Waals surface area contributed by atoms with E-state index in [9.17, 15) is 72.5 Å². The summed E-state index contributed by atoms with van der Waals surface area (Å²) in [5.74, 6) is -12.5. The number of primary amides is 1. The zero-order valence-corrected chi connectivity index (χ0v) is 57.5. The van der Waals surface area contributed by atoms with Crippen molar-refractivity contribution in [2.24, 2.45) is 78.8 Å². The van der Waals surface area contributed by atoms with E-state index >= 15 is 0 Å². The van der Waals surface area contributed by atoms with Crippen LogP contribution < -0.4 is 127 Å². The second kappa shape index (κ2) is 55.1. The normalized spacial score (nSPS) is 14.0. The zero-order chi connectivity index (χ0) is 75.4. The number of carboxylic acid groups (broad SMARTS) is 1. The van der Waals surface area contributed by atoms with Gasteiger partial charge in [-0.05, 0) is 181 Å². The first-order chi connectivity index (χ1) is 47.6. The number of aliphatic carboxylic acids is 1. The molecule has 0 rings (SSSR count). The van der Waals surface area contributed by atoms with Crippen LogP contribution in [0.1, 0.15) is 154 Å². The van der Waals surface area contributed by atoms with E-state index in [0.29, 0.717) is 70.8 Å². The van der Waals surface area contributed by atoms with Crippen LogP contribution in [0.25, 0.3) is 0 Å². The number of carbonyl (C=O) groups excluding carboxylic acids is 12. The number of rotatable bonds is 59. The minimum atomic E-state index is -1.71. The smallest absolute Gasteiger partial charge is 0.328 e. The minimum absolute atomic E-state index is 0.0129. The Morgan fingerprint density at radius 1 is 0.310 bits per heavy atom. The molecule has 12 amide bonds. The van der Waals surface area contributed by atoms with Gasteiger partial charge in [-0.15, -0.1) is 0 Å². The Bertz CT molecular complexity index is 2580. The monoisotopic (exact) mass is 1430 g/mol.